The molecule has 1 N–H and O–H groups in total. The average Bonchev–Trinajstić information content (AvgIpc) is 3.08. The van der Waals surface area contributed by atoms with E-state index in [1.807, 2.05) is 24.3 Å². The maximum atomic E-state index is 14.3. The molecule has 0 bridgehead atoms. The third-order valence-electron chi connectivity index (χ3n) is 5.11. The molecule has 2 amide bonds. The summed E-state index contributed by atoms with van der Waals surface area (Å²) in [7, 11) is 0. The second-order valence-corrected chi connectivity index (χ2v) is 7.02. The Balaban J connectivity index is 1.46. The Hall–Kier alpha value is -2.89. The van der Waals surface area contributed by atoms with Crippen molar-refractivity contribution in [2.24, 2.45) is 0 Å². The number of nitrogens with one attached hydrogen (secondary N) is 1. The summed E-state index contributed by atoms with van der Waals surface area (Å²) in [6.45, 7) is 1.46. The van der Waals surface area contributed by atoms with Gasteiger partial charge < -0.3 is 15.1 Å². The lowest BCUT2D eigenvalue weighted by Crippen LogP contribution is -2.37. The number of amides is 2. The minimum atomic E-state index is -0.283. The molecular formula is C21H22FN3O2. The van der Waals surface area contributed by atoms with E-state index in [9.17, 15) is 14.0 Å². The van der Waals surface area contributed by atoms with Crippen LogP contribution in [0.2, 0.25) is 0 Å². The molecule has 0 radical (unpaired) electrons. The van der Waals surface area contributed by atoms with E-state index in [1.54, 1.807) is 21.9 Å². The fourth-order valence-electron chi connectivity index (χ4n) is 3.89. The minimum absolute atomic E-state index is 0.0980. The minimum Gasteiger partial charge on any atom is -0.360 e. The van der Waals surface area contributed by atoms with Crippen molar-refractivity contribution in [3.05, 3.63) is 53.8 Å². The van der Waals surface area contributed by atoms with Gasteiger partial charge in [-0.05, 0) is 49.1 Å². The van der Waals surface area contributed by atoms with E-state index in [1.165, 1.54) is 6.07 Å². The number of benzene rings is 2. The molecule has 2 aromatic carbocycles. The van der Waals surface area contributed by atoms with Crippen LogP contribution in [-0.2, 0) is 16.0 Å². The molecule has 5 nitrogen and oxygen atoms in total. The van der Waals surface area contributed by atoms with Crippen LogP contribution >= 0.6 is 0 Å². The van der Waals surface area contributed by atoms with Gasteiger partial charge in [0.25, 0.3) is 0 Å². The summed E-state index contributed by atoms with van der Waals surface area (Å²) < 4.78 is 14.3. The lowest BCUT2D eigenvalue weighted by Gasteiger charge is -2.31. The summed E-state index contributed by atoms with van der Waals surface area (Å²) in [4.78, 5) is 28.0. The van der Waals surface area contributed by atoms with Gasteiger partial charge in [0.05, 0.1) is 12.2 Å². The predicted octanol–water partition coefficient (Wildman–Crippen LogP) is 3.34. The Morgan fingerprint density at radius 2 is 1.89 bits per heavy atom. The number of halogens is 1. The summed E-state index contributed by atoms with van der Waals surface area (Å²) >= 11 is 0. The van der Waals surface area contributed by atoms with Gasteiger partial charge in [0.15, 0.2) is 0 Å². The number of rotatable bonds is 4. The summed E-state index contributed by atoms with van der Waals surface area (Å²) in [5.74, 6) is -0.371. The molecule has 0 spiro atoms. The van der Waals surface area contributed by atoms with Gasteiger partial charge >= 0.3 is 0 Å². The zero-order chi connectivity index (χ0) is 18.8. The lowest BCUT2D eigenvalue weighted by atomic mass is 10.0. The summed E-state index contributed by atoms with van der Waals surface area (Å²) in [6.07, 6.45) is 3.15. The summed E-state index contributed by atoms with van der Waals surface area (Å²) in [5, 5.41) is 2.88. The van der Waals surface area contributed by atoms with E-state index < -0.39 is 0 Å². The number of para-hydroxylation sites is 1. The van der Waals surface area contributed by atoms with Crippen LogP contribution in [0.4, 0.5) is 21.5 Å². The van der Waals surface area contributed by atoms with E-state index in [-0.39, 0.29) is 24.2 Å². The Morgan fingerprint density at radius 1 is 1.07 bits per heavy atom. The highest BCUT2D eigenvalue weighted by Crippen LogP contribution is 2.30. The Labute approximate surface area is 157 Å². The molecule has 0 saturated carbocycles. The second-order valence-electron chi connectivity index (χ2n) is 7.02. The van der Waals surface area contributed by atoms with Crippen molar-refractivity contribution in [2.75, 3.05) is 34.8 Å². The van der Waals surface area contributed by atoms with Gasteiger partial charge in [-0.25, -0.2) is 4.39 Å². The molecule has 4 rings (SSSR count). The van der Waals surface area contributed by atoms with Gasteiger partial charge in [0, 0.05) is 30.9 Å². The normalized spacial score (nSPS) is 16.4. The number of hydrogen-bond acceptors (Lipinski definition) is 3. The Morgan fingerprint density at radius 3 is 2.70 bits per heavy atom. The van der Waals surface area contributed by atoms with Crippen molar-refractivity contribution in [3.8, 4) is 0 Å². The van der Waals surface area contributed by atoms with Gasteiger partial charge in [-0.2, -0.15) is 0 Å². The third kappa shape index (κ3) is 3.65. The highest BCUT2D eigenvalue weighted by molar-refractivity contribution is 5.98. The van der Waals surface area contributed by atoms with E-state index in [0.717, 1.165) is 30.5 Å². The van der Waals surface area contributed by atoms with Crippen molar-refractivity contribution in [1.29, 1.82) is 0 Å². The number of nitrogens with zero attached hydrogens (tertiary/aromatic N) is 2. The molecular weight excluding hydrogens is 345 g/mol. The van der Waals surface area contributed by atoms with Crippen LogP contribution in [0.25, 0.3) is 0 Å². The van der Waals surface area contributed by atoms with Crippen LogP contribution in [0.1, 0.15) is 24.8 Å². The number of carbonyl (C=O) groups excluding carboxylic acids is 2. The topological polar surface area (TPSA) is 52.7 Å². The van der Waals surface area contributed by atoms with E-state index in [4.69, 9.17) is 0 Å². The largest absolute Gasteiger partial charge is 0.360 e. The number of carbonyl (C=O) groups is 2. The average molecular weight is 367 g/mol. The molecule has 1 saturated heterocycles. The Kier molecular flexibility index (Phi) is 4.79. The highest BCUT2D eigenvalue weighted by Gasteiger charge is 2.23. The molecule has 2 aliphatic rings. The smallest absolute Gasteiger partial charge is 0.243 e. The molecule has 0 atom stereocenters. The monoisotopic (exact) mass is 367 g/mol. The van der Waals surface area contributed by atoms with Crippen LogP contribution in [0.15, 0.2) is 42.5 Å². The molecule has 27 heavy (non-hydrogen) atoms. The van der Waals surface area contributed by atoms with Crippen molar-refractivity contribution >= 4 is 28.9 Å². The summed E-state index contributed by atoms with van der Waals surface area (Å²) in [6, 6.07) is 12.4. The first-order valence-electron chi connectivity index (χ1n) is 9.34. The van der Waals surface area contributed by atoms with Crippen LogP contribution in [0.3, 0.4) is 0 Å². The molecule has 6 heteroatoms. The number of aryl methyl sites for hydroxylation is 1. The molecule has 0 aromatic heterocycles. The quantitative estimate of drug-likeness (QED) is 0.902. The van der Waals surface area contributed by atoms with Crippen molar-refractivity contribution < 1.29 is 14.0 Å². The fraction of sp³-hybridized carbons (Fsp3) is 0.333. The summed E-state index contributed by atoms with van der Waals surface area (Å²) in [5.41, 5.74) is 2.92. The van der Waals surface area contributed by atoms with Crippen molar-refractivity contribution in [3.63, 3.8) is 0 Å². The van der Waals surface area contributed by atoms with Gasteiger partial charge in [0.1, 0.15) is 5.82 Å². The molecule has 2 aliphatic heterocycles. The first kappa shape index (κ1) is 17.5. The molecule has 0 unspecified atom stereocenters. The van der Waals surface area contributed by atoms with Crippen LogP contribution in [0, 0.1) is 5.82 Å². The van der Waals surface area contributed by atoms with E-state index >= 15 is 0 Å². The predicted molar refractivity (Wildman–Crippen MR) is 104 cm³/mol. The molecule has 2 heterocycles. The zero-order valence-electron chi connectivity index (χ0n) is 15.1. The van der Waals surface area contributed by atoms with Crippen LogP contribution in [0.5, 0.6) is 0 Å². The molecule has 0 aliphatic carbocycles. The van der Waals surface area contributed by atoms with Gasteiger partial charge in [-0.1, -0.05) is 18.2 Å². The molecule has 140 valence electrons. The third-order valence-corrected chi connectivity index (χ3v) is 5.11. The van der Waals surface area contributed by atoms with Crippen LogP contribution in [-0.4, -0.2) is 31.4 Å². The van der Waals surface area contributed by atoms with Gasteiger partial charge in [-0.3, -0.25) is 9.59 Å². The van der Waals surface area contributed by atoms with Crippen molar-refractivity contribution in [1.82, 2.24) is 0 Å². The standard InChI is InChI=1S/C21H22FN3O2/c22-18-9-1-5-15-6-3-11-24(21(15)18)14-19(26)23-16-7-2-8-17(13-16)25-12-4-10-20(25)27/h1-2,5,7-9,13H,3-4,6,10-12,14H2,(H,23,26). The van der Waals surface area contributed by atoms with E-state index in [2.05, 4.69) is 5.32 Å². The molecule has 2 aromatic rings. The first-order valence-corrected chi connectivity index (χ1v) is 9.34. The second kappa shape index (κ2) is 7.39. The number of anilines is 3. The van der Waals surface area contributed by atoms with Gasteiger partial charge in [-0.15, -0.1) is 0 Å². The Bertz CT molecular complexity index is 883. The first-order chi connectivity index (χ1) is 13.1. The number of hydrogen-bond donors (Lipinski definition) is 1. The number of fused-ring (bicyclic) bond motifs is 1. The maximum absolute atomic E-state index is 14.3. The van der Waals surface area contributed by atoms with Crippen LogP contribution < -0.4 is 15.1 Å². The maximum Gasteiger partial charge on any atom is 0.243 e. The fourth-order valence-corrected chi connectivity index (χ4v) is 3.89. The van der Waals surface area contributed by atoms with Crippen molar-refractivity contribution in [2.45, 2.75) is 25.7 Å². The lowest BCUT2D eigenvalue weighted by molar-refractivity contribution is -0.117. The van der Waals surface area contributed by atoms with E-state index in [0.29, 0.717) is 30.9 Å². The van der Waals surface area contributed by atoms with Gasteiger partial charge in [0.2, 0.25) is 11.8 Å². The SMILES string of the molecule is O=C(CN1CCCc2cccc(F)c21)Nc1cccc(N2CCCC2=O)c1. The zero-order valence-corrected chi connectivity index (χ0v) is 15.1. The molecule has 1 fully saturated rings. The highest BCUT2D eigenvalue weighted by atomic mass is 19.1.